The first-order chi connectivity index (χ1) is 15.0. The van der Waals surface area contributed by atoms with Gasteiger partial charge in [-0.3, -0.25) is 0 Å². The molecule has 0 spiro atoms. The van der Waals surface area contributed by atoms with Crippen molar-refractivity contribution in [2.75, 3.05) is 11.4 Å². The Morgan fingerprint density at radius 2 is 1.65 bits per heavy atom. The van der Waals surface area contributed by atoms with Crippen molar-refractivity contribution in [2.24, 2.45) is 0 Å². The normalized spacial score (nSPS) is 13.8. The van der Waals surface area contributed by atoms with Crippen LogP contribution in [0, 0.1) is 6.92 Å². The molecule has 5 heteroatoms. The molecule has 31 heavy (non-hydrogen) atoms. The molecule has 0 N–H and O–H groups in total. The van der Waals surface area contributed by atoms with E-state index in [2.05, 4.69) is 84.2 Å². The molecule has 0 atom stereocenters. The molecule has 0 amide bonds. The number of oxazole rings is 1. The summed E-state index contributed by atoms with van der Waals surface area (Å²) in [5, 5.41) is 0. The fourth-order valence-electron chi connectivity index (χ4n) is 4.19. The van der Waals surface area contributed by atoms with Crippen LogP contribution in [0.2, 0.25) is 0 Å². The van der Waals surface area contributed by atoms with Gasteiger partial charge in [-0.1, -0.05) is 55.8 Å². The standard InChI is InChI=1S/C26H26N4O/c1-18-4-6-20(7-5-18)26(2,3)21-8-10-22(11-9-21)30-13-12-19-14-28-25(29-23(19)16-30)24-15-27-17-31-24/h4-11,14-15,17H,12-13,16H2,1-3H3. The summed E-state index contributed by atoms with van der Waals surface area (Å²) >= 11 is 0. The summed E-state index contributed by atoms with van der Waals surface area (Å²) < 4.78 is 5.36. The number of rotatable bonds is 4. The van der Waals surface area contributed by atoms with Crippen molar-refractivity contribution in [1.82, 2.24) is 15.0 Å². The predicted molar refractivity (Wildman–Crippen MR) is 122 cm³/mol. The van der Waals surface area contributed by atoms with Crippen LogP contribution in [-0.4, -0.2) is 21.5 Å². The molecule has 5 nitrogen and oxygen atoms in total. The largest absolute Gasteiger partial charge is 0.440 e. The van der Waals surface area contributed by atoms with Gasteiger partial charge in [0, 0.05) is 23.8 Å². The molecule has 0 aliphatic carbocycles. The third-order valence-electron chi connectivity index (χ3n) is 6.33. The van der Waals surface area contributed by atoms with Crippen LogP contribution in [0.4, 0.5) is 5.69 Å². The Bertz CT molecular complexity index is 1180. The number of aromatic nitrogens is 3. The van der Waals surface area contributed by atoms with Gasteiger partial charge in [-0.25, -0.2) is 15.0 Å². The van der Waals surface area contributed by atoms with Crippen LogP contribution < -0.4 is 4.90 Å². The Morgan fingerprint density at radius 1 is 0.935 bits per heavy atom. The van der Waals surface area contributed by atoms with Crippen LogP contribution in [0.15, 0.2) is 71.7 Å². The van der Waals surface area contributed by atoms with E-state index < -0.39 is 0 Å². The first-order valence-electron chi connectivity index (χ1n) is 10.7. The number of hydrogen-bond donors (Lipinski definition) is 0. The molecule has 3 heterocycles. The first kappa shape index (κ1) is 19.5. The highest BCUT2D eigenvalue weighted by molar-refractivity contribution is 5.53. The second-order valence-corrected chi connectivity index (χ2v) is 8.74. The number of hydrogen-bond acceptors (Lipinski definition) is 5. The molecule has 0 bridgehead atoms. The predicted octanol–water partition coefficient (Wildman–Crippen LogP) is 5.33. The van der Waals surface area contributed by atoms with E-state index in [1.807, 2.05) is 6.20 Å². The minimum atomic E-state index is -0.0417. The monoisotopic (exact) mass is 410 g/mol. The zero-order valence-electron chi connectivity index (χ0n) is 18.2. The van der Waals surface area contributed by atoms with Crippen molar-refractivity contribution in [3.63, 3.8) is 0 Å². The molecule has 2 aromatic heterocycles. The van der Waals surface area contributed by atoms with Crippen molar-refractivity contribution >= 4 is 5.69 Å². The van der Waals surface area contributed by atoms with Gasteiger partial charge in [0.1, 0.15) is 0 Å². The molecule has 0 saturated carbocycles. The van der Waals surface area contributed by atoms with Gasteiger partial charge in [0.15, 0.2) is 18.0 Å². The second-order valence-electron chi connectivity index (χ2n) is 8.74. The Kier molecular flexibility index (Phi) is 4.81. The van der Waals surface area contributed by atoms with Gasteiger partial charge in [0.25, 0.3) is 0 Å². The van der Waals surface area contributed by atoms with Crippen molar-refractivity contribution < 1.29 is 4.42 Å². The van der Waals surface area contributed by atoms with E-state index in [4.69, 9.17) is 9.40 Å². The molecule has 4 aromatic rings. The van der Waals surface area contributed by atoms with E-state index in [0.717, 1.165) is 25.2 Å². The summed E-state index contributed by atoms with van der Waals surface area (Å²) in [5.41, 5.74) is 7.36. The van der Waals surface area contributed by atoms with Crippen LogP contribution in [0.25, 0.3) is 11.6 Å². The lowest BCUT2D eigenvalue weighted by Gasteiger charge is -2.31. The van der Waals surface area contributed by atoms with Gasteiger partial charge >= 0.3 is 0 Å². The topological polar surface area (TPSA) is 55.1 Å². The van der Waals surface area contributed by atoms with Crippen LogP contribution in [0.5, 0.6) is 0 Å². The summed E-state index contributed by atoms with van der Waals surface area (Å²) in [6, 6.07) is 17.8. The van der Waals surface area contributed by atoms with Gasteiger partial charge in [0.2, 0.25) is 0 Å². The highest BCUT2D eigenvalue weighted by Gasteiger charge is 2.24. The number of anilines is 1. The number of nitrogens with zero attached hydrogens (tertiary/aromatic N) is 4. The van der Waals surface area contributed by atoms with Crippen molar-refractivity contribution in [1.29, 1.82) is 0 Å². The molecular formula is C26H26N4O. The summed E-state index contributed by atoms with van der Waals surface area (Å²) in [6.07, 6.45) is 5.91. The Labute approximate surface area is 182 Å². The van der Waals surface area contributed by atoms with Gasteiger partial charge in [-0.05, 0) is 42.2 Å². The number of aryl methyl sites for hydroxylation is 1. The minimum absolute atomic E-state index is 0.0417. The average molecular weight is 411 g/mol. The second kappa shape index (κ2) is 7.65. The van der Waals surface area contributed by atoms with Gasteiger partial charge in [-0.15, -0.1) is 0 Å². The maximum atomic E-state index is 5.36. The molecule has 1 aliphatic heterocycles. The summed E-state index contributed by atoms with van der Waals surface area (Å²) in [6.45, 7) is 8.41. The van der Waals surface area contributed by atoms with E-state index >= 15 is 0 Å². The first-order valence-corrected chi connectivity index (χ1v) is 10.7. The van der Waals surface area contributed by atoms with Gasteiger partial charge in [-0.2, -0.15) is 0 Å². The van der Waals surface area contributed by atoms with Crippen LogP contribution in [-0.2, 0) is 18.4 Å². The highest BCUT2D eigenvalue weighted by Crippen LogP contribution is 2.33. The van der Waals surface area contributed by atoms with Gasteiger partial charge in [0.05, 0.1) is 18.4 Å². The smallest absolute Gasteiger partial charge is 0.197 e. The van der Waals surface area contributed by atoms with Crippen LogP contribution in [0.3, 0.4) is 0 Å². The lowest BCUT2D eigenvalue weighted by Crippen LogP contribution is -2.31. The molecule has 0 unspecified atom stereocenters. The Morgan fingerprint density at radius 3 is 2.32 bits per heavy atom. The van der Waals surface area contributed by atoms with E-state index in [1.165, 1.54) is 34.3 Å². The lowest BCUT2D eigenvalue weighted by atomic mass is 9.78. The zero-order chi connectivity index (χ0) is 21.4. The summed E-state index contributed by atoms with van der Waals surface area (Å²) in [4.78, 5) is 15.5. The Balaban J connectivity index is 1.37. The van der Waals surface area contributed by atoms with Crippen molar-refractivity contribution in [3.05, 3.63) is 95.3 Å². The molecule has 156 valence electrons. The van der Waals surface area contributed by atoms with E-state index in [-0.39, 0.29) is 5.41 Å². The number of benzene rings is 2. The minimum Gasteiger partial charge on any atom is -0.440 e. The summed E-state index contributed by atoms with van der Waals surface area (Å²) in [7, 11) is 0. The molecule has 0 saturated heterocycles. The average Bonchev–Trinajstić information content (AvgIpc) is 3.34. The zero-order valence-corrected chi connectivity index (χ0v) is 18.2. The number of fused-ring (bicyclic) bond motifs is 1. The maximum absolute atomic E-state index is 5.36. The quantitative estimate of drug-likeness (QED) is 0.455. The Hall–Kier alpha value is -3.47. The summed E-state index contributed by atoms with van der Waals surface area (Å²) in [5.74, 6) is 1.19. The highest BCUT2D eigenvalue weighted by atomic mass is 16.3. The van der Waals surface area contributed by atoms with Crippen LogP contribution in [0.1, 0.15) is 41.8 Å². The molecule has 0 radical (unpaired) electrons. The van der Waals surface area contributed by atoms with E-state index in [1.54, 1.807) is 6.20 Å². The maximum Gasteiger partial charge on any atom is 0.197 e. The van der Waals surface area contributed by atoms with Crippen molar-refractivity contribution in [3.8, 4) is 11.6 Å². The van der Waals surface area contributed by atoms with Crippen molar-refractivity contribution in [2.45, 2.75) is 39.2 Å². The lowest BCUT2D eigenvalue weighted by molar-refractivity contribution is 0.566. The molecular weight excluding hydrogens is 384 g/mol. The fourth-order valence-corrected chi connectivity index (χ4v) is 4.19. The molecule has 1 aliphatic rings. The third kappa shape index (κ3) is 3.72. The van der Waals surface area contributed by atoms with E-state index in [0.29, 0.717) is 11.6 Å². The SMILES string of the molecule is Cc1ccc(C(C)(C)c2ccc(N3CCc4cnc(-c5cnco5)nc4C3)cc2)cc1. The van der Waals surface area contributed by atoms with Crippen LogP contribution >= 0.6 is 0 Å². The molecule has 5 rings (SSSR count). The third-order valence-corrected chi connectivity index (χ3v) is 6.33. The fraction of sp³-hybridized carbons (Fsp3) is 0.269. The van der Waals surface area contributed by atoms with Gasteiger partial charge < -0.3 is 9.32 Å². The molecule has 2 aromatic carbocycles. The van der Waals surface area contributed by atoms with E-state index in [9.17, 15) is 0 Å². The molecule has 0 fully saturated rings.